The number of hydrogen-bond acceptors (Lipinski definition) is 2. The van der Waals surface area contributed by atoms with E-state index in [1.165, 1.54) is 18.2 Å². The van der Waals surface area contributed by atoms with Crippen molar-refractivity contribution in [2.75, 3.05) is 5.32 Å². The van der Waals surface area contributed by atoms with E-state index in [9.17, 15) is 9.18 Å². The summed E-state index contributed by atoms with van der Waals surface area (Å²) in [5, 5.41) is 8.18. The number of carbonyl (C=O) groups excluding carboxylic acids is 1. The standard InChI is InChI=1S/C17H15Cl3FN3OS/c1-10-6-8-11(9-7-10)22-16(26)24-15(17(18,19)20)23-14(25)12-4-2-3-5-13(12)21/h2-9,15H,1H3,(H,23,25)(H2,22,24,26)/t15-/m0/s1. The second-order valence-corrected chi connectivity index (χ2v) is 8.17. The van der Waals surface area contributed by atoms with Crippen LogP contribution in [-0.4, -0.2) is 21.0 Å². The highest BCUT2D eigenvalue weighted by Crippen LogP contribution is 2.29. The van der Waals surface area contributed by atoms with Gasteiger partial charge in [-0.15, -0.1) is 0 Å². The van der Waals surface area contributed by atoms with Crippen LogP contribution in [0.1, 0.15) is 15.9 Å². The van der Waals surface area contributed by atoms with Crippen molar-refractivity contribution < 1.29 is 9.18 Å². The van der Waals surface area contributed by atoms with Gasteiger partial charge in [0, 0.05) is 5.69 Å². The van der Waals surface area contributed by atoms with Gasteiger partial charge < -0.3 is 16.0 Å². The molecular weight excluding hydrogens is 420 g/mol. The van der Waals surface area contributed by atoms with Gasteiger partial charge in [-0.3, -0.25) is 4.79 Å². The van der Waals surface area contributed by atoms with E-state index in [2.05, 4.69) is 16.0 Å². The molecule has 9 heteroatoms. The zero-order valence-electron chi connectivity index (χ0n) is 13.5. The van der Waals surface area contributed by atoms with Gasteiger partial charge in [0.2, 0.25) is 3.79 Å². The molecule has 0 bridgehead atoms. The zero-order chi connectivity index (χ0) is 19.3. The average Bonchev–Trinajstić information content (AvgIpc) is 2.56. The molecule has 2 aromatic rings. The lowest BCUT2D eigenvalue weighted by Gasteiger charge is -2.27. The molecule has 0 aliphatic carbocycles. The number of alkyl halides is 3. The molecule has 138 valence electrons. The molecule has 0 fully saturated rings. The maximum absolute atomic E-state index is 13.8. The highest BCUT2D eigenvalue weighted by molar-refractivity contribution is 7.80. The molecule has 2 rings (SSSR count). The third kappa shape index (κ3) is 5.99. The molecule has 0 aliphatic rings. The number of benzene rings is 2. The Balaban J connectivity index is 2.07. The van der Waals surface area contributed by atoms with Crippen molar-refractivity contribution >= 4 is 63.7 Å². The fourth-order valence-corrected chi connectivity index (χ4v) is 2.55. The molecule has 0 aliphatic heterocycles. The molecule has 1 amide bonds. The van der Waals surface area contributed by atoms with E-state index in [4.69, 9.17) is 47.0 Å². The number of aryl methyl sites for hydroxylation is 1. The Labute approximate surface area is 171 Å². The predicted molar refractivity (Wildman–Crippen MR) is 108 cm³/mol. The summed E-state index contributed by atoms with van der Waals surface area (Å²) in [5.41, 5.74) is 1.63. The maximum Gasteiger partial charge on any atom is 0.255 e. The second-order valence-electron chi connectivity index (χ2n) is 5.39. The Morgan fingerprint density at radius 3 is 2.27 bits per heavy atom. The van der Waals surface area contributed by atoms with E-state index in [0.29, 0.717) is 0 Å². The first-order valence-corrected chi connectivity index (χ1v) is 8.97. The zero-order valence-corrected chi connectivity index (χ0v) is 16.6. The van der Waals surface area contributed by atoms with E-state index in [-0.39, 0.29) is 10.7 Å². The van der Waals surface area contributed by atoms with Crippen LogP contribution in [0.2, 0.25) is 0 Å². The van der Waals surface area contributed by atoms with Crippen LogP contribution in [0.15, 0.2) is 48.5 Å². The minimum absolute atomic E-state index is 0.124. The predicted octanol–water partition coefficient (Wildman–Crippen LogP) is 4.55. The van der Waals surface area contributed by atoms with Gasteiger partial charge in [0.1, 0.15) is 12.0 Å². The van der Waals surface area contributed by atoms with Gasteiger partial charge in [-0.25, -0.2) is 4.39 Å². The Morgan fingerprint density at radius 1 is 1.08 bits per heavy atom. The summed E-state index contributed by atoms with van der Waals surface area (Å²) >= 11 is 22.9. The Bertz CT molecular complexity index is 797. The lowest BCUT2D eigenvalue weighted by atomic mass is 10.2. The largest absolute Gasteiger partial charge is 0.339 e. The van der Waals surface area contributed by atoms with Gasteiger partial charge in [0.15, 0.2) is 5.11 Å². The van der Waals surface area contributed by atoms with Crippen LogP contribution in [0.4, 0.5) is 10.1 Å². The number of hydrogen-bond donors (Lipinski definition) is 3. The molecule has 0 unspecified atom stereocenters. The Morgan fingerprint density at radius 2 is 1.69 bits per heavy atom. The van der Waals surface area contributed by atoms with Crippen molar-refractivity contribution in [3.8, 4) is 0 Å². The number of thiocarbonyl (C=S) groups is 1. The highest BCUT2D eigenvalue weighted by Gasteiger charge is 2.35. The van der Waals surface area contributed by atoms with Crippen molar-refractivity contribution in [1.29, 1.82) is 0 Å². The number of carbonyl (C=O) groups is 1. The molecule has 0 saturated heterocycles. The van der Waals surface area contributed by atoms with Crippen molar-refractivity contribution in [3.05, 3.63) is 65.5 Å². The molecule has 26 heavy (non-hydrogen) atoms. The van der Waals surface area contributed by atoms with Gasteiger partial charge in [-0.05, 0) is 43.4 Å². The molecular formula is C17H15Cl3FN3OS. The normalized spacial score (nSPS) is 12.2. The topological polar surface area (TPSA) is 53.2 Å². The van der Waals surface area contributed by atoms with Crippen LogP contribution in [0.25, 0.3) is 0 Å². The first kappa shape index (κ1) is 20.7. The van der Waals surface area contributed by atoms with Gasteiger partial charge in [0.25, 0.3) is 5.91 Å². The third-order valence-corrected chi connectivity index (χ3v) is 4.18. The number of anilines is 1. The first-order chi connectivity index (χ1) is 12.2. The quantitative estimate of drug-likeness (QED) is 0.375. The maximum atomic E-state index is 13.8. The SMILES string of the molecule is Cc1ccc(NC(=S)N[C@H](NC(=O)c2ccccc2F)C(Cl)(Cl)Cl)cc1. The minimum atomic E-state index is -1.93. The summed E-state index contributed by atoms with van der Waals surface area (Å²) < 4.78 is 11.8. The third-order valence-electron chi connectivity index (χ3n) is 3.31. The Kier molecular flexibility index (Phi) is 7.06. The summed E-state index contributed by atoms with van der Waals surface area (Å²) in [5.74, 6) is -1.43. The molecule has 0 saturated carbocycles. The molecule has 0 spiro atoms. The van der Waals surface area contributed by atoms with Crippen molar-refractivity contribution in [3.63, 3.8) is 0 Å². The summed E-state index contributed by atoms with van der Waals surface area (Å²) in [7, 11) is 0. The van der Waals surface area contributed by atoms with Gasteiger partial charge in [-0.1, -0.05) is 64.6 Å². The molecule has 0 radical (unpaired) electrons. The number of rotatable bonds is 4. The smallest absolute Gasteiger partial charge is 0.255 e. The fourth-order valence-electron chi connectivity index (χ4n) is 1.99. The van der Waals surface area contributed by atoms with Crippen LogP contribution < -0.4 is 16.0 Å². The average molecular weight is 435 g/mol. The summed E-state index contributed by atoms with van der Waals surface area (Å²) in [6.07, 6.45) is -1.19. The van der Waals surface area contributed by atoms with Crippen LogP contribution in [0.5, 0.6) is 0 Å². The van der Waals surface area contributed by atoms with E-state index < -0.39 is 21.7 Å². The second kappa shape index (κ2) is 8.86. The van der Waals surface area contributed by atoms with Crippen LogP contribution in [-0.2, 0) is 0 Å². The highest BCUT2D eigenvalue weighted by atomic mass is 35.6. The van der Waals surface area contributed by atoms with E-state index in [0.717, 1.165) is 17.3 Å². The van der Waals surface area contributed by atoms with E-state index in [1.54, 1.807) is 0 Å². The fraction of sp³-hybridized carbons (Fsp3) is 0.176. The molecule has 2 aromatic carbocycles. The van der Waals surface area contributed by atoms with Gasteiger partial charge in [0.05, 0.1) is 5.56 Å². The van der Waals surface area contributed by atoms with Gasteiger partial charge in [-0.2, -0.15) is 0 Å². The lowest BCUT2D eigenvalue weighted by molar-refractivity contribution is 0.0930. The first-order valence-electron chi connectivity index (χ1n) is 7.43. The molecule has 0 heterocycles. The summed E-state index contributed by atoms with van der Waals surface area (Å²) in [4.78, 5) is 12.3. The van der Waals surface area contributed by atoms with Crippen LogP contribution >= 0.6 is 47.0 Å². The molecule has 0 aromatic heterocycles. The molecule has 3 N–H and O–H groups in total. The summed E-state index contributed by atoms with van der Waals surface area (Å²) in [6, 6.07) is 12.9. The Hall–Kier alpha value is -1.60. The van der Waals surface area contributed by atoms with Crippen molar-refractivity contribution in [1.82, 2.24) is 10.6 Å². The van der Waals surface area contributed by atoms with Crippen molar-refractivity contribution in [2.24, 2.45) is 0 Å². The number of amides is 1. The van der Waals surface area contributed by atoms with Crippen LogP contribution in [0.3, 0.4) is 0 Å². The van der Waals surface area contributed by atoms with Gasteiger partial charge >= 0.3 is 0 Å². The van der Waals surface area contributed by atoms with E-state index in [1.807, 2.05) is 31.2 Å². The molecule has 4 nitrogen and oxygen atoms in total. The minimum Gasteiger partial charge on any atom is -0.339 e. The van der Waals surface area contributed by atoms with Crippen molar-refractivity contribution in [2.45, 2.75) is 16.9 Å². The lowest BCUT2D eigenvalue weighted by Crippen LogP contribution is -2.56. The molecule has 1 atom stereocenters. The number of halogens is 4. The monoisotopic (exact) mass is 433 g/mol. The van der Waals surface area contributed by atoms with E-state index >= 15 is 0 Å². The summed E-state index contributed by atoms with van der Waals surface area (Å²) in [6.45, 7) is 1.96. The van der Waals surface area contributed by atoms with Crippen LogP contribution in [0, 0.1) is 12.7 Å². The number of nitrogens with one attached hydrogen (secondary N) is 3.